The van der Waals surface area contributed by atoms with Crippen molar-refractivity contribution in [3.63, 3.8) is 0 Å². The number of aromatic amines is 1. The van der Waals surface area contributed by atoms with Crippen molar-refractivity contribution in [2.45, 2.75) is 11.4 Å². The summed E-state index contributed by atoms with van der Waals surface area (Å²) in [6.07, 6.45) is 3.23. The predicted molar refractivity (Wildman–Crippen MR) is 92.0 cm³/mol. The van der Waals surface area contributed by atoms with Gasteiger partial charge in [0, 0.05) is 36.2 Å². The fourth-order valence-electron chi connectivity index (χ4n) is 2.64. The summed E-state index contributed by atoms with van der Waals surface area (Å²) in [5.41, 5.74) is 0.600. The van der Waals surface area contributed by atoms with E-state index >= 15 is 0 Å². The number of halogens is 1. The van der Waals surface area contributed by atoms with Gasteiger partial charge in [0.1, 0.15) is 0 Å². The molecule has 1 aliphatic rings. The zero-order valence-corrected chi connectivity index (χ0v) is 15.3. The highest BCUT2D eigenvalue weighted by atomic mass is 79.9. The van der Waals surface area contributed by atoms with E-state index in [1.54, 1.807) is 17.0 Å². The molecule has 1 amide bonds. The van der Waals surface area contributed by atoms with Crippen LogP contribution in [0.25, 0.3) is 0 Å². The van der Waals surface area contributed by atoms with Crippen LogP contribution in [0.1, 0.15) is 16.8 Å². The van der Waals surface area contributed by atoms with Crippen molar-refractivity contribution in [2.75, 3.05) is 26.2 Å². The maximum absolute atomic E-state index is 12.6. The van der Waals surface area contributed by atoms with Crippen molar-refractivity contribution >= 4 is 31.9 Å². The first-order valence-electron chi connectivity index (χ1n) is 7.52. The molecule has 1 saturated heterocycles. The molecular weight excluding hydrogens is 396 g/mol. The number of sulfonamides is 1. The first-order chi connectivity index (χ1) is 11.5. The predicted octanol–water partition coefficient (Wildman–Crippen LogP) is 1.71. The summed E-state index contributed by atoms with van der Waals surface area (Å²) in [5, 5.41) is 0.0789. The highest BCUT2D eigenvalue weighted by molar-refractivity contribution is 9.10. The Balaban J connectivity index is 1.71. The first kappa shape index (κ1) is 17.1. The largest absolute Gasteiger partial charge is 0.337 e. The topological polar surface area (TPSA) is 86.4 Å². The number of aromatic nitrogens is 2. The summed E-state index contributed by atoms with van der Waals surface area (Å²) < 4.78 is 27.4. The third-order valence-electron chi connectivity index (χ3n) is 3.92. The fraction of sp³-hybridized carbons (Fsp3) is 0.333. The van der Waals surface area contributed by atoms with E-state index in [9.17, 15) is 13.2 Å². The van der Waals surface area contributed by atoms with Gasteiger partial charge in [-0.3, -0.25) is 4.79 Å². The van der Waals surface area contributed by atoms with Crippen LogP contribution < -0.4 is 0 Å². The third-order valence-corrected chi connectivity index (χ3v) is 6.28. The van der Waals surface area contributed by atoms with Crippen LogP contribution in [0.15, 0.2) is 46.3 Å². The summed E-state index contributed by atoms with van der Waals surface area (Å²) in [4.78, 5) is 20.7. The number of imidazole rings is 1. The maximum atomic E-state index is 12.6. The van der Waals surface area contributed by atoms with Gasteiger partial charge >= 0.3 is 0 Å². The molecule has 2 aromatic rings. The smallest absolute Gasteiger partial charge is 0.260 e. The van der Waals surface area contributed by atoms with Crippen LogP contribution in [0.2, 0.25) is 0 Å². The van der Waals surface area contributed by atoms with Crippen molar-refractivity contribution in [3.05, 3.63) is 46.8 Å². The second-order valence-corrected chi connectivity index (χ2v) is 8.29. The Hall–Kier alpha value is -1.71. The van der Waals surface area contributed by atoms with Crippen LogP contribution in [-0.2, 0) is 10.0 Å². The van der Waals surface area contributed by atoms with Gasteiger partial charge in [-0.05, 0) is 30.7 Å². The minimum atomic E-state index is -3.59. The summed E-state index contributed by atoms with van der Waals surface area (Å²) >= 11 is 3.35. The van der Waals surface area contributed by atoms with Crippen LogP contribution in [0.4, 0.5) is 0 Å². The lowest BCUT2D eigenvalue weighted by atomic mass is 10.2. The van der Waals surface area contributed by atoms with E-state index in [0.29, 0.717) is 31.6 Å². The third kappa shape index (κ3) is 3.52. The second-order valence-electron chi connectivity index (χ2n) is 5.47. The van der Waals surface area contributed by atoms with Gasteiger partial charge in [-0.15, -0.1) is 0 Å². The van der Waals surface area contributed by atoms with Gasteiger partial charge in [0.25, 0.3) is 15.9 Å². The Bertz CT molecular complexity index is 806. The molecule has 0 aliphatic carbocycles. The first-order valence-corrected chi connectivity index (χ1v) is 9.75. The van der Waals surface area contributed by atoms with Gasteiger partial charge in [0.05, 0.1) is 12.5 Å². The van der Waals surface area contributed by atoms with Crippen molar-refractivity contribution in [1.29, 1.82) is 0 Å². The van der Waals surface area contributed by atoms with E-state index in [4.69, 9.17) is 0 Å². The Morgan fingerprint density at radius 3 is 2.54 bits per heavy atom. The zero-order valence-electron chi connectivity index (χ0n) is 12.9. The second kappa shape index (κ2) is 7.04. The molecule has 7 nitrogen and oxygen atoms in total. The maximum Gasteiger partial charge on any atom is 0.260 e. The molecule has 128 valence electrons. The molecule has 1 aromatic heterocycles. The summed E-state index contributed by atoms with van der Waals surface area (Å²) in [6, 6.07) is 7.16. The summed E-state index contributed by atoms with van der Waals surface area (Å²) in [7, 11) is -3.59. The van der Waals surface area contributed by atoms with Crippen LogP contribution in [0.3, 0.4) is 0 Å². The van der Waals surface area contributed by atoms with E-state index in [0.717, 1.165) is 4.47 Å². The van der Waals surface area contributed by atoms with E-state index in [-0.39, 0.29) is 17.5 Å². The number of H-pyrrole nitrogens is 1. The van der Waals surface area contributed by atoms with Gasteiger partial charge < -0.3 is 9.88 Å². The molecule has 1 N–H and O–H groups in total. The van der Waals surface area contributed by atoms with Crippen LogP contribution in [0.5, 0.6) is 0 Å². The molecule has 2 heterocycles. The number of hydrogen-bond acceptors (Lipinski definition) is 4. The molecule has 0 spiro atoms. The molecular formula is C15H17BrN4O3S. The quantitative estimate of drug-likeness (QED) is 0.830. The minimum absolute atomic E-state index is 0.0789. The average molecular weight is 413 g/mol. The Kier molecular flexibility index (Phi) is 5.02. The number of carbonyl (C=O) groups is 1. The van der Waals surface area contributed by atoms with Crippen molar-refractivity contribution in [1.82, 2.24) is 19.2 Å². The molecule has 24 heavy (non-hydrogen) atoms. The standard InChI is InChI=1S/C15H17BrN4O3S/c16-13-4-2-12(3-5-13)15(21)19-6-1-7-20(9-8-19)24(22,23)14-10-17-11-18-14/h2-5,10-11H,1,6-9H2,(H,17,18). The van der Waals surface area contributed by atoms with E-state index in [2.05, 4.69) is 25.9 Å². The number of carbonyl (C=O) groups excluding carboxylic acids is 1. The van der Waals surface area contributed by atoms with Gasteiger partial charge in [0.15, 0.2) is 5.03 Å². The molecule has 0 bridgehead atoms. The molecule has 0 radical (unpaired) electrons. The van der Waals surface area contributed by atoms with Crippen molar-refractivity contribution in [3.8, 4) is 0 Å². The van der Waals surface area contributed by atoms with E-state index in [1.165, 1.54) is 16.8 Å². The van der Waals surface area contributed by atoms with Gasteiger partial charge in [-0.25, -0.2) is 13.4 Å². The molecule has 0 atom stereocenters. The molecule has 1 aliphatic heterocycles. The van der Waals surface area contributed by atoms with Crippen LogP contribution >= 0.6 is 15.9 Å². The highest BCUT2D eigenvalue weighted by Crippen LogP contribution is 2.17. The van der Waals surface area contributed by atoms with Crippen LogP contribution in [-0.4, -0.2) is 59.7 Å². The van der Waals surface area contributed by atoms with Crippen LogP contribution in [0, 0.1) is 0 Å². The number of amides is 1. The average Bonchev–Trinajstić information content (AvgIpc) is 3.00. The lowest BCUT2D eigenvalue weighted by molar-refractivity contribution is 0.0764. The van der Waals surface area contributed by atoms with E-state index < -0.39 is 10.0 Å². The van der Waals surface area contributed by atoms with Crippen molar-refractivity contribution < 1.29 is 13.2 Å². The molecule has 0 unspecified atom stereocenters. The van der Waals surface area contributed by atoms with E-state index in [1.807, 2.05) is 12.1 Å². The zero-order chi connectivity index (χ0) is 17.2. The Morgan fingerprint density at radius 2 is 1.88 bits per heavy atom. The molecule has 0 saturated carbocycles. The Morgan fingerprint density at radius 1 is 1.12 bits per heavy atom. The number of rotatable bonds is 3. The van der Waals surface area contributed by atoms with Crippen molar-refractivity contribution in [2.24, 2.45) is 0 Å². The molecule has 3 rings (SSSR count). The molecule has 1 fully saturated rings. The fourth-order valence-corrected chi connectivity index (χ4v) is 4.27. The lowest BCUT2D eigenvalue weighted by Gasteiger charge is -2.21. The molecule has 9 heteroatoms. The number of benzene rings is 1. The minimum Gasteiger partial charge on any atom is -0.337 e. The Labute approximate surface area is 148 Å². The van der Waals surface area contributed by atoms with Gasteiger partial charge in [-0.1, -0.05) is 15.9 Å². The highest BCUT2D eigenvalue weighted by Gasteiger charge is 2.29. The number of nitrogens with zero attached hydrogens (tertiary/aromatic N) is 3. The normalized spacial score (nSPS) is 16.8. The number of nitrogens with one attached hydrogen (secondary N) is 1. The number of hydrogen-bond donors (Lipinski definition) is 1. The monoisotopic (exact) mass is 412 g/mol. The summed E-state index contributed by atoms with van der Waals surface area (Å²) in [5.74, 6) is -0.0803. The van der Waals surface area contributed by atoms with Gasteiger partial charge in [-0.2, -0.15) is 4.31 Å². The lowest BCUT2D eigenvalue weighted by Crippen LogP contribution is -2.37. The SMILES string of the molecule is O=C(c1ccc(Br)cc1)N1CCCN(S(=O)(=O)c2cnc[nH]2)CC1. The summed E-state index contributed by atoms with van der Waals surface area (Å²) in [6.45, 7) is 1.54. The van der Waals surface area contributed by atoms with Gasteiger partial charge in [0.2, 0.25) is 0 Å². The molecule has 1 aromatic carbocycles.